The Hall–Kier alpha value is -2.68. The lowest BCUT2D eigenvalue weighted by atomic mass is 9.85. The number of rotatable bonds is 5. The maximum atomic E-state index is 14.5. The Bertz CT molecular complexity index is 915. The number of piperazine rings is 1. The summed E-state index contributed by atoms with van der Waals surface area (Å²) >= 11 is 0. The van der Waals surface area contributed by atoms with Crippen LogP contribution in [0.2, 0.25) is 0 Å². The molecule has 2 heterocycles. The second-order valence-corrected chi connectivity index (χ2v) is 9.95. The summed E-state index contributed by atoms with van der Waals surface area (Å²) in [5.74, 6) is 0.317. The molecular formula is C24H34FN5O3. The van der Waals surface area contributed by atoms with E-state index in [0.29, 0.717) is 37.3 Å². The molecule has 0 unspecified atom stereocenters. The normalized spacial score (nSPS) is 22.2. The van der Waals surface area contributed by atoms with Gasteiger partial charge < -0.3 is 14.4 Å². The van der Waals surface area contributed by atoms with Crippen LogP contribution < -0.4 is 4.74 Å². The molecule has 0 atom stereocenters. The van der Waals surface area contributed by atoms with Crippen LogP contribution in [0, 0.1) is 11.7 Å². The highest BCUT2D eigenvalue weighted by molar-refractivity contribution is 5.68. The van der Waals surface area contributed by atoms with Gasteiger partial charge in [-0.15, -0.1) is 5.10 Å². The molecule has 8 nitrogen and oxygen atoms in total. The highest BCUT2D eigenvalue weighted by Gasteiger charge is 2.31. The molecule has 1 aliphatic heterocycles. The zero-order chi connectivity index (χ0) is 23.4. The minimum Gasteiger partial charge on any atom is -0.490 e. The molecule has 0 spiro atoms. The van der Waals surface area contributed by atoms with E-state index < -0.39 is 5.60 Å². The predicted molar refractivity (Wildman–Crippen MR) is 122 cm³/mol. The summed E-state index contributed by atoms with van der Waals surface area (Å²) in [5, 5.41) is 7.62. The number of hydrogen-bond acceptors (Lipinski definition) is 6. The van der Waals surface area contributed by atoms with Gasteiger partial charge in [0, 0.05) is 38.3 Å². The molecular weight excluding hydrogens is 425 g/mol. The van der Waals surface area contributed by atoms with E-state index in [1.807, 2.05) is 25.7 Å². The Morgan fingerprint density at radius 3 is 2.45 bits per heavy atom. The molecule has 2 fully saturated rings. The molecule has 1 saturated heterocycles. The zero-order valence-corrected chi connectivity index (χ0v) is 19.7. The van der Waals surface area contributed by atoms with Gasteiger partial charge in [-0.3, -0.25) is 4.90 Å². The Morgan fingerprint density at radius 2 is 1.85 bits per heavy atom. The lowest BCUT2D eigenvalue weighted by Gasteiger charge is -2.42. The van der Waals surface area contributed by atoms with Gasteiger partial charge in [0.2, 0.25) is 0 Å². The molecule has 1 saturated carbocycles. The molecule has 2 aromatic rings. The summed E-state index contributed by atoms with van der Waals surface area (Å²) in [6, 6.07) is 5.39. The number of hydrogen-bond donors (Lipinski definition) is 0. The highest BCUT2D eigenvalue weighted by Crippen LogP contribution is 2.30. The number of nitrogens with zero attached hydrogens (tertiary/aromatic N) is 5. The van der Waals surface area contributed by atoms with Crippen molar-refractivity contribution in [2.24, 2.45) is 5.92 Å². The summed E-state index contributed by atoms with van der Waals surface area (Å²) in [5.41, 5.74) is 0.154. The molecule has 0 radical (unpaired) electrons. The van der Waals surface area contributed by atoms with E-state index in [4.69, 9.17) is 9.47 Å². The quantitative estimate of drug-likeness (QED) is 0.675. The maximum Gasteiger partial charge on any atom is 0.410 e. The van der Waals surface area contributed by atoms with E-state index in [-0.39, 0.29) is 17.7 Å². The van der Waals surface area contributed by atoms with Crippen molar-refractivity contribution in [2.75, 3.05) is 32.8 Å². The van der Waals surface area contributed by atoms with Crippen LogP contribution in [0.1, 0.15) is 46.5 Å². The van der Waals surface area contributed by atoms with Gasteiger partial charge >= 0.3 is 6.09 Å². The van der Waals surface area contributed by atoms with Gasteiger partial charge in [0.25, 0.3) is 0 Å². The van der Waals surface area contributed by atoms with Crippen LogP contribution in [-0.2, 0) is 4.74 Å². The molecule has 1 aromatic heterocycles. The number of benzene rings is 1. The standard InChI is InChI=1S/C24H34FN5O3/c1-24(2,3)33-23(31)29-14-12-28(13-15-29)19-6-4-18(5-7-19)17-32-22-9-8-20(16-21(22)25)30-11-10-26-27-30/h8-11,16,18-19H,4-7,12-15,17H2,1-3H3. The molecule has 0 bridgehead atoms. The predicted octanol–water partition coefficient (Wildman–Crippen LogP) is 3.90. The van der Waals surface area contributed by atoms with Gasteiger partial charge in [-0.05, 0) is 64.5 Å². The fourth-order valence-corrected chi connectivity index (χ4v) is 4.58. The summed E-state index contributed by atoms with van der Waals surface area (Å²) in [6.45, 7) is 9.40. The monoisotopic (exact) mass is 459 g/mol. The zero-order valence-electron chi connectivity index (χ0n) is 19.7. The number of ether oxygens (including phenoxy) is 2. The van der Waals surface area contributed by atoms with Crippen molar-refractivity contribution in [1.29, 1.82) is 0 Å². The van der Waals surface area contributed by atoms with Crippen molar-refractivity contribution >= 4 is 6.09 Å². The Labute approximate surface area is 194 Å². The minimum atomic E-state index is -0.461. The molecule has 33 heavy (non-hydrogen) atoms. The van der Waals surface area contributed by atoms with E-state index in [9.17, 15) is 9.18 Å². The number of amides is 1. The van der Waals surface area contributed by atoms with Crippen molar-refractivity contribution in [3.8, 4) is 11.4 Å². The van der Waals surface area contributed by atoms with E-state index in [2.05, 4.69) is 15.2 Å². The van der Waals surface area contributed by atoms with Crippen molar-refractivity contribution in [3.63, 3.8) is 0 Å². The van der Waals surface area contributed by atoms with Crippen LogP contribution in [0.3, 0.4) is 0 Å². The van der Waals surface area contributed by atoms with Crippen molar-refractivity contribution in [2.45, 2.75) is 58.1 Å². The molecule has 180 valence electrons. The smallest absolute Gasteiger partial charge is 0.410 e. The van der Waals surface area contributed by atoms with E-state index in [0.717, 1.165) is 38.8 Å². The summed E-state index contributed by atoms with van der Waals surface area (Å²) < 4.78 is 27.3. The summed E-state index contributed by atoms with van der Waals surface area (Å²) in [4.78, 5) is 16.6. The average Bonchev–Trinajstić information content (AvgIpc) is 3.33. The fourth-order valence-electron chi connectivity index (χ4n) is 4.58. The Kier molecular flexibility index (Phi) is 7.17. The van der Waals surface area contributed by atoms with Crippen molar-refractivity contribution in [1.82, 2.24) is 24.8 Å². The third-order valence-electron chi connectivity index (χ3n) is 6.38. The maximum absolute atomic E-state index is 14.5. The molecule has 1 aromatic carbocycles. The largest absolute Gasteiger partial charge is 0.490 e. The van der Waals surface area contributed by atoms with Gasteiger partial charge in [-0.25, -0.2) is 13.9 Å². The van der Waals surface area contributed by atoms with Gasteiger partial charge in [0.1, 0.15) is 5.60 Å². The van der Waals surface area contributed by atoms with E-state index in [1.165, 1.54) is 10.7 Å². The van der Waals surface area contributed by atoms with Crippen molar-refractivity contribution in [3.05, 3.63) is 36.4 Å². The molecule has 9 heteroatoms. The van der Waals surface area contributed by atoms with Gasteiger partial charge in [-0.2, -0.15) is 0 Å². The van der Waals surface area contributed by atoms with Gasteiger partial charge in [0.15, 0.2) is 11.6 Å². The first-order valence-corrected chi connectivity index (χ1v) is 11.8. The molecule has 2 aliphatic rings. The average molecular weight is 460 g/mol. The van der Waals surface area contributed by atoms with Gasteiger partial charge in [0.05, 0.1) is 24.7 Å². The van der Waals surface area contributed by atoms with E-state index in [1.54, 1.807) is 24.5 Å². The number of carbonyl (C=O) groups excluding carboxylic acids is 1. The lowest BCUT2D eigenvalue weighted by molar-refractivity contribution is 0.00652. The Morgan fingerprint density at radius 1 is 1.12 bits per heavy atom. The van der Waals surface area contributed by atoms with Crippen LogP contribution in [-0.4, -0.2) is 75.3 Å². The Balaban J connectivity index is 1.19. The third-order valence-corrected chi connectivity index (χ3v) is 6.38. The first-order chi connectivity index (χ1) is 15.8. The summed E-state index contributed by atoms with van der Waals surface area (Å²) in [6.07, 6.45) is 7.35. The minimum absolute atomic E-state index is 0.218. The fraction of sp³-hybridized carbons (Fsp3) is 0.625. The number of aromatic nitrogens is 3. The third kappa shape index (κ3) is 6.22. The lowest BCUT2D eigenvalue weighted by Crippen LogP contribution is -2.53. The summed E-state index contributed by atoms with van der Waals surface area (Å²) in [7, 11) is 0. The molecule has 1 amide bonds. The second-order valence-electron chi connectivity index (χ2n) is 9.95. The van der Waals surface area contributed by atoms with Crippen molar-refractivity contribution < 1.29 is 18.7 Å². The highest BCUT2D eigenvalue weighted by atomic mass is 19.1. The second kappa shape index (κ2) is 10.1. The van der Waals surface area contributed by atoms with Crippen LogP contribution in [0.25, 0.3) is 5.69 Å². The van der Waals surface area contributed by atoms with Crippen LogP contribution in [0.15, 0.2) is 30.6 Å². The van der Waals surface area contributed by atoms with Gasteiger partial charge in [-0.1, -0.05) is 5.21 Å². The molecule has 1 aliphatic carbocycles. The molecule has 0 N–H and O–H groups in total. The topological polar surface area (TPSA) is 72.7 Å². The van der Waals surface area contributed by atoms with Crippen LogP contribution >= 0.6 is 0 Å². The molecule has 4 rings (SSSR count). The number of halogens is 1. The van der Waals surface area contributed by atoms with Crippen LogP contribution in [0.5, 0.6) is 5.75 Å². The SMILES string of the molecule is CC(C)(C)OC(=O)N1CCN(C2CCC(COc3ccc(-n4ccnn4)cc3F)CC2)CC1. The first kappa shape index (κ1) is 23.5. The number of carbonyl (C=O) groups is 1. The van der Waals surface area contributed by atoms with E-state index >= 15 is 0 Å². The van der Waals surface area contributed by atoms with Crippen LogP contribution in [0.4, 0.5) is 9.18 Å². The first-order valence-electron chi connectivity index (χ1n) is 11.8.